The average Bonchev–Trinajstić information content (AvgIpc) is 2.28. The van der Waals surface area contributed by atoms with Crippen molar-refractivity contribution in [3.8, 4) is 0 Å². The molecule has 0 radical (unpaired) electrons. The molecule has 1 aromatic heterocycles. The molecule has 9 heteroatoms. The Hall–Kier alpha value is -1.71. The quantitative estimate of drug-likeness (QED) is 0.398. The maximum absolute atomic E-state index is 8.64. The number of unbranched alkanes of at least 4 members (excludes halogenated alkanes) is 1. The van der Waals surface area contributed by atoms with Crippen molar-refractivity contribution in [1.29, 1.82) is 0 Å². The summed E-state index contributed by atoms with van der Waals surface area (Å²) in [5.41, 5.74) is 15.4. The lowest BCUT2D eigenvalue weighted by Crippen LogP contribution is -2.14. The largest absolute Gasteiger partial charge is 0.368 e. The van der Waals surface area contributed by atoms with E-state index in [1.807, 2.05) is 0 Å². The van der Waals surface area contributed by atoms with Crippen molar-refractivity contribution in [3.05, 3.63) is 0 Å². The summed E-state index contributed by atoms with van der Waals surface area (Å²) in [6.45, 7) is 1.57. The Morgan fingerprint density at radius 3 is 1.89 bits per heavy atom. The standard InChI is InChI=1S/C6H14O3.C3H6N6/c1-3-4-5-9-6(7)8-2;4-1-7-2(5)9-3(6)8-1/h6-7H,3-5H2,1-2H3;(H6,4,5,6,7,8,9). The first kappa shape index (κ1) is 16.3. The molecule has 1 atom stereocenters. The highest BCUT2D eigenvalue weighted by Crippen LogP contribution is 1.97. The van der Waals surface area contributed by atoms with Crippen LogP contribution in [0.4, 0.5) is 17.8 Å². The van der Waals surface area contributed by atoms with Crippen LogP contribution in [0.2, 0.25) is 0 Å². The number of rotatable bonds is 5. The van der Waals surface area contributed by atoms with Gasteiger partial charge in [0.1, 0.15) is 0 Å². The second-order valence-electron chi connectivity index (χ2n) is 3.18. The number of aliphatic hydroxyl groups excluding tert-OH is 1. The fraction of sp³-hybridized carbons (Fsp3) is 0.667. The molecule has 0 saturated heterocycles. The number of hydrogen-bond donors (Lipinski definition) is 4. The van der Waals surface area contributed by atoms with Crippen LogP contribution >= 0.6 is 0 Å². The van der Waals surface area contributed by atoms with Crippen LogP contribution in [-0.4, -0.2) is 40.3 Å². The first-order valence-electron chi connectivity index (χ1n) is 5.34. The Labute approximate surface area is 105 Å². The lowest BCUT2D eigenvalue weighted by molar-refractivity contribution is -0.250. The van der Waals surface area contributed by atoms with Crippen molar-refractivity contribution in [2.75, 3.05) is 30.9 Å². The number of aromatic nitrogens is 3. The van der Waals surface area contributed by atoms with Crippen molar-refractivity contribution in [1.82, 2.24) is 15.0 Å². The van der Waals surface area contributed by atoms with Crippen molar-refractivity contribution in [2.24, 2.45) is 0 Å². The summed E-state index contributed by atoms with van der Waals surface area (Å²) in [5, 5.41) is 8.64. The molecule has 18 heavy (non-hydrogen) atoms. The number of methoxy groups -OCH3 is 1. The third kappa shape index (κ3) is 8.44. The summed E-state index contributed by atoms with van der Waals surface area (Å²) in [4.78, 5) is 10.5. The highest BCUT2D eigenvalue weighted by molar-refractivity contribution is 5.33. The molecule has 104 valence electrons. The zero-order valence-corrected chi connectivity index (χ0v) is 10.5. The smallest absolute Gasteiger partial charge is 0.268 e. The van der Waals surface area contributed by atoms with Gasteiger partial charge in [0.05, 0.1) is 6.61 Å². The molecule has 0 spiro atoms. The van der Waals surface area contributed by atoms with Crippen LogP contribution in [0.1, 0.15) is 19.8 Å². The van der Waals surface area contributed by atoms with E-state index in [2.05, 4.69) is 26.6 Å². The topological polar surface area (TPSA) is 155 Å². The van der Waals surface area contributed by atoms with E-state index in [-0.39, 0.29) is 17.8 Å². The lowest BCUT2D eigenvalue weighted by atomic mass is 10.4. The maximum Gasteiger partial charge on any atom is 0.268 e. The normalized spacial score (nSPS) is 11.5. The minimum atomic E-state index is -1.04. The first-order chi connectivity index (χ1) is 8.49. The highest BCUT2D eigenvalue weighted by atomic mass is 16.8. The van der Waals surface area contributed by atoms with Crippen LogP contribution < -0.4 is 17.2 Å². The van der Waals surface area contributed by atoms with E-state index >= 15 is 0 Å². The molecule has 0 aliphatic carbocycles. The van der Waals surface area contributed by atoms with E-state index in [9.17, 15) is 0 Å². The zero-order valence-electron chi connectivity index (χ0n) is 10.5. The van der Waals surface area contributed by atoms with Gasteiger partial charge in [0.15, 0.2) is 0 Å². The summed E-state index contributed by atoms with van der Waals surface area (Å²) < 4.78 is 9.19. The van der Waals surface area contributed by atoms with Crippen LogP contribution in [-0.2, 0) is 9.47 Å². The van der Waals surface area contributed by atoms with Crippen molar-refractivity contribution in [3.63, 3.8) is 0 Å². The van der Waals surface area contributed by atoms with Gasteiger partial charge in [-0.05, 0) is 6.42 Å². The van der Waals surface area contributed by atoms with Gasteiger partial charge in [-0.15, -0.1) is 0 Å². The van der Waals surface area contributed by atoms with E-state index < -0.39 is 6.48 Å². The van der Waals surface area contributed by atoms with E-state index in [4.69, 9.17) is 27.0 Å². The van der Waals surface area contributed by atoms with Crippen molar-refractivity contribution < 1.29 is 14.6 Å². The molecule has 7 N–H and O–H groups in total. The number of nitrogens with two attached hydrogens (primary N) is 3. The molecule has 1 heterocycles. The maximum atomic E-state index is 8.64. The van der Waals surface area contributed by atoms with E-state index in [0.29, 0.717) is 6.61 Å². The molecule has 0 aliphatic rings. The molecule has 9 nitrogen and oxygen atoms in total. The minimum absolute atomic E-state index is 0.0417. The lowest BCUT2D eigenvalue weighted by Gasteiger charge is -2.07. The predicted octanol–water partition coefficient (Wildman–Crippen LogP) is -0.656. The van der Waals surface area contributed by atoms with Crippen LogP contribution in [0.3, 0.4) is 0 Å². The Kier molecular flexibility index (Phi) is 8.45. The van der Waals surface area contributed by atoms with Gasteiger partial charge in [-0.2, -0.15) is 15.0 Å². The summed E-state index contributed by atoms with van der Waals surface area (Å²) in [6, 6.07) is 0. The highest BCUT2D eigenvalue weighted by Gasteiger charge is 1.97. The van der Waals surface area contributed by atoms with Gasteiger partial charge in [-0.3, -0.25) is 0 Å². The molecule has 1 unspecified atom stereocenters. The van der Waals surface area contributed by atoms with Crippen LogP contribution in [0.25, 0.3) is 0 Å². The van der Waals surface area contributed by atoms with Crippen LogP contribution in [0, 0.1) is 0 Å². The van der Waals surface area contributed by atoms with E-state index in [1.54, 1.807) is 0 Å². The van der Waals surface area contributed by atoms with Crippen molar-refractivity contribution >= 4 is 17.8 Å². The number of nitrogens with zero attached hydrogens (tertiary/aromatic N) is 3. The third-order valence-electron chi connectivity index (χ3n) is 1.65. The molecule has 0 aromatic carbocycles. The Balaban J connectivity index is 0.000000321. The average molecular weight is 260 g/mol. The van der Waals surface area contributed by atoms with Crippen LogP contribution in [0.15, 0.2) is 0 Å². The Morgan fingerprint density at radius 1 is 1.11 bits per heavy atom. The monoisotopic (exact) mass is 260 g/mol. The molecule has 0 amide bonds. The third-order valence-corrected chi connectivity index (χ3v) is 1.65. The number of anilines is 3. The Morgan fingerprint density at radius 2 is 1.56 bits per heavy atom. The van der Waals surface area contributed by atoms with Gasteiger partial charge in [-0.25, -0.2) is 0 Å². The molecular formula is C9H20N6O3. The van der Waals surface area contributed by atoms with Gasteiger partial charge in [0, 0.05) is 7.11 Å². The number of ether oxygens (including phenoxy) is 2. The second-order valence-corrected chi connectivity index (χ2v) is 3.18. The van der Waals surface area contributed by atoms with E-state index in [1.165, 1.54) is 7.11 Å². The predicted molar refractivity (Wildman–Crippen MR) is 66.9 cm³/mol. The number of aliphatic hydroxyl groups is 1. The molecular weight excluding hydrogens is 240 g/mol. The van der Waals surface area contributed by atoms with Gasteiger partial charge < -0.3 is 31.8 Å². The summed E-state index contributed by atoms with van der Waals surface area (Å²) in [6.07, 6.45) is 2.02. The summed E-state index contributed by atoms with van der Waals surface area (Å²) >= 11 is 0. The van der Waals surface area contributed by atoms with Gasteiger partial charge >= 0.3 is 0 Å². The Bertz CT molecular complexity index is 288. The molecule has 0 saturated carbocycles. The molecule has 1 rings (SSSR count). The molecule has 0 aliphatic heterocycles. The van der Waals surface area contributed by atoms with Crippen LogP contribution in [0.5, 0.6) is 0 Å². The van der Waals surface area contributed by atoms with Gasteiger partial charge in [0.2, 0.25) is 17.8 Å². The van der Waals surface area contributed by atoms with Crippen molar-refractivity contribution in [2.45, 2.75) is 26.2 Å². The number of hydrogen-bond acceptors (Lipinski definition) is 9. The zero-order chi connectivity index (χ0) is 14.0. The summed E-state index contributed by atoms with van der Waals surface area (Å²) in [7, 11) is 1.40. The molecule has 0 bridgehead atoms. The fourth-order valence-electron chi connectivity index (χ4n) is 0.824. The molecule has 1 aromatic rings. The first-order valence-corrected chi connectivity index (χ1v) is 5.34. The second kappa shape index (κ2) is 9.33. The fourth-order valence-corrected chi connectivity index (χ4v) is 0.824. The summed E-state index contributed by atoms with van der Waals surface area (Å²) in [5.74, 6) is 0.125. The SMILES string of the molecule is CCCCOC(O)OC.Nc1nc(N)nc(N)n1. The van der Waals surface area contributed by atoms with Gasteiger partial charge in [-0.1, -0.05) is 13.3 Å². The molecule has 0 fully saturated rings. The number of nitrogen functional groups attached to an aromatic ring is 3. The van der Waals surface area contributed by atoms with Gasteiger partial charge in [0.25, 0.3) is 6.48 Å². The minimum Gasteiger partial charge on any atom is -0.368 e. The van der Waals surface area contributed by atoms with E-state index in [0.717, 1.165) is 12.8 Å².